The first-order chi connectivity index (χ1) is 69.2. The summed E-state index contributed by atoms with van der Waals surface area (Å²) in [6.45, 7) is 21.3. The molecule has 0 bridgehead atoms. The number of imide groups is 2. The summed E-state index contributed by atoms with van der Waals surface area (Å²) in [5.41, 5.74) is 18.4. The minimum absolute atomic E-state index is 0. The molecule has 21 amide bonds. The van der Waals surface area contributed by atoms with Gasteiger partial charge in [0.05, 0.1) is 43.1 Å². The van der Waals surface area contributed by atoms with Gasteiger partial charge in [-0.3, -0.25) is 96.9 Å². The third-order valence-corrected chi connectivity index (χ3v) is 26.8. The van der Waals surface area contributed by atoms with E-state index in [1.165, 1.54) is 19.0 Å². The average Bonchev–Trinajstić information content (AvgIpc) is 1.67. The van der Waals surface area contributed by atoms with E-state index >= 15 is 0 Å². The molecular formula is C103H153N23O20Y2-2. The zero-order chi connectivity index (χ0) is 108. The van der Waals surface area contributed by atoms with Crippen LogP contribution in [-0.2, 0) is 161 Å². The van der Waals surface area contributed by atoms with Gasteiger partial charge in [0.1, 0.15) is 42.3 Å². The SMILES string of the molecule is CNC(=O)[C@@H](C)CC(=O)C1CCCN1C(=O)C(CCCCN(C)C(C)C)CC(=O)[C@H](CC(C)C)NC(=O)[C@H](CC(=O)[C@H](Cc1ccc(NC(=O)[C@@H]2CC(=O)NC(=O)N2)cc1)NC)Cc1ccc(NC([NH-])=O)cc1.CNC(=O)[C@@H](C)NC(=O)[C@@H]1CCCN1C(=O)[C@H](CCCCN(C)C(C)C)NC(=O)[C@H](CC(C)C)NC(=O)[C@@H](Cc1ccc(NC([NH-])=O)cc1)NC(=O)[C@H](CC1=CCC(NC(=O)[C@@H]2CC(=O)NC(=O)N2)C=C1)NC.[Y].[Y]. The third kappa shape index (κ3) is 42.3. The molecule has 0 aromatic heterocycles. The van der Waals surface area contributed by atoms with Gasteiger partial charge in [-0.1, -0.05) is 126 Å². The fraction of sp³-hybridized carbons (Fsp3) is 0.592. The van der Waals surface area contributed by atoms with Gasteiger partial charge in [0.25, 0.3) is 0 Å². The summed E-state index contributed by atoms with van der Waals surface area (Å²) in [6.07, 6.45) is 11.0. The summed E-state index contributed by atoms with van der Waals surface area (Å²) in [4.78, 5) is 270. The van der Waals surface area contributed by atoms with Crippen LogP contribution in [0.2, 0.25) is 0 Å². The van der Waals surface area contributed by atoms with Crippen LogP contribution >= 0.6 is 0 Å². The van der Waals surface area contributed by atoms with Gasteiger partial charge >= 0.3 is 12.1 Å². The Labute approximate surface area is 917 Å². The number of allylic oxidation sites excluding steroid dienone is 1. The van der Waals surface area contributed by atoms with Crippen molar-refractivity contribution in [3.8, 4) is 0 Å². The number of urea groups is 4. The molecule has 3 aromatic carbocycles. The largest absolute Gasteiger partial charge is 0.447 e. The summed E-state index contributed by atoms with van der Waals surface area (Å²) >= 11 is 0. The van der Waals surface area contributed by atoms with Crippen LogP contribution in [-0.4, -0.2) is 291 Å². The summed E-state index contributed by atoms with van der Waals surface area (Å²) < 4.78 is 0. The molecule has 0 spiro atoms. The zero-order valence-corrected chi connectivity index (χ0v) is 93.8. The molecule has 3 unspecified atom stereocenters. The fourth-order valence-electron chi connectivity index (χ4n) is 17.9. The summed E-state index contributed by atoms with van der Waals surface area (Å²) in [5, 5.41) is 44.8. The second kappa shape index (κ2) is 63.7. The van der Waals surface area contributed by atoms with Crippen LogP contribution in [0.3, 0.4) is 0 Å². The molecule has 15 atom stereocenters. The van der Waals surface area contributed by atoms with Gasteiger partial charge in [0, 0.05) is 154 Å². The Hall–Kier alpha value is -11.2. The smallest absolute Gasteiger partial charge is 0.322 e. The van der Waals surface area contributed by atoms with Gasteiger partial charge in [0.15, 0.2) is 29.4 Å². The number of likely N-dealkylation sites (tertiary alicyclic amines) is 2. The number of rotatable bonds is 55. The molecule has 4 saturated heterocycles. The molecule has 45 heteroatoms. The van der Waals surface area contributed by atoms with Crippen LogP contribution in [0.25, 0.3) is 11.5 Å². The van der Waals surface area contributed by atoms with Crippen molar-refractivity contribution < 1.29 is 161 Å². The van der Waals surface area contributed by atoms with Crippen LogP contribution in [0, 0.1) is 29.6 Å². The molecule has 808 valence electrons. The number of hydrogen-bond donors (Lipinski definition) is 17. The van der Waals surface area contributed by atoms with Crippen LogP contribution in [0.1, 0.15) is 208 Å². The number of carbonyl (C=O) groups excluding carboxylic acids is 20. The van der Waals surface area contributed by atoms with E-state index in [-0.39, 0.29) is 190 Å². The Morgan fingerprint density at radius 2 is 0.878 bits per heavy atom. The number of likely N-dealkylation sites (N-methyl/N-ethyl adjacent to an activating group) is 3. The second-order valence-electron chi connectivity index (χ2n) is 39.8. The Balaban J connectivity index is 0.000000513. The number of nitrogens with one attached hydrogen (secondary N) is 19. The predicted molar refractivity (Wildman–Crippen MR) is 550 cm³/mol. The van der Waals surface area contributed by atoms with Gasteiger partial charge in [-0.15, -0.1) is 0 Å². The zero-order valence-electron chi connectivity index (χ0n) is 88.1. The maximum atomic E-state index is 14.6. The standard InChI is InChI=1S/C53H78N10O10.C50H77N13O10.2Y/c1-31(2)24-41(45(65)28-36(12-9-10-22-62(8)32(3)4)51(71)63-23-11-13-43(63)46(66)25-33(5)48(68)56-7)59-49(69)37(26-34-14-20-39(21-15-34)58-52(54)72)29-44(64)40(55-6)27-35-16-18-38(19-17-35)57-50(70)42-30-47(67)61-53(73)60-42;1-28(2)24-37(45(68)57-35(12-9-10-22-62(8)29(3)4)48(71)63-23-11-13-40(63)47(70)54-30(5)42(65)53-7)58-46(69)38(26-32-16-20-34(21-17-32)56-49(51)72)59-43(66)36(52-6)25-31-14-18-33(19-15-31)55-44(67)39-27-41(64)61-50(73)60-39;;/h14-21,31-33,36-37,40-43,55H,9-13,22-30H2,1-8H3,(H8,54,56,57,58,59,60,61,67,68,69,70,72,73);14-18,20-21,28-30,33,35-40,52H,9-13,19,22-27H2,1-8H3,(H11,51,53,54,55,56,57,58,59,60,61,64,65,66,67,68,69,70,72,73);;/p-2/t33-,36?,37-,40-,41-,42-,43?;30-,33?,35+,36+,37+,38-,39+,40+;;/m01../s1. The van der Waals surface area contributed by atoms with E-state index in [1.807, 2.05) is 47.9 Å². The van der Waals surface area contributed by atoms with Crippen molar-refractivity contribution in [3.05, 3.63) is 125 Å². The molecule has 2 radical (unpaired) electrons. The van der Waals surface area contributed by atoms with Crippen LogP contribution in [0.15, 0.2) is 96.6 Å². The topological polar surface area (TPSA) is 606 Å². The van der Waals surface area contributed by atoms with Crippen molar-refractivity contribution in [2.24, 2.45) is 29.6 Å². The minimum Gasteiger partial charge on any atom is -0.447 e. The van der Waals surface area contributed by atoms with Gasteiger partial charge in [-0.2, -0.15) is 0 Å². The molecule has 1 aliphatic carbocycles. The Morgan fingerprint density at radius 1 is 0.439 bits per heavy atom. The molecule has 0 saturated carbocycles. The maximum absolute atomic E-state index is 14.6. The van der Waals surface area contributed by atoms with Crippen LogP contribution < -0.4 is 90.4 Å². The van der Waals surface area contributed by atoms with Crippen molar-refractivity contribution in [1.29, 1.82) is 0 Å². The first kappa shape index (κ1) is 127. The van der Waals surface area contributed by atoms with Gasteiger partial charge in [-0.05, 0) is 224 Å². The first-order valence-electron chi connectivity index (χ1n) is 50.6. The van der Waals surface area contributed by atoms with E-state index in [9.17, 15) is 95.9 Å². The molecule has 4 heterocycles. The third-order valence-electron chi connectivity index (χ3n) is 26.8. The number of ketones is 3. The van der Waals surface area contributed by atoms with E-state index in [4.69, 9.17) is 11.5 Å². The number of hydrogen-bond acceptors (Lipinski definition) is 24. The number of carbonyl (C=O) groups is 20. The molecule has 4 aliphatic heterocycles. The van der Waals surface area contributed by atoms with Crippen molar-refractivity contribution in [3.63, 3.8) is 0 Å². The van der Waals surface area contributed by atoms with E-state index in [0.29, 0.717) is 98.2 Å². The minimum atomic E-state index is -1.24. The number of amides is 21. The molecule has 43 nitrogen and oxygen atoms in total. The predicted octanol–water partition coefficient (Wildman–Crippen LogP) is 5.71. The van der Waals surface area contributed by atoms with E-state index in [2.05, 4.69) is 128 Å². The number of Topliss-reactive ketones (excluding diaryl/α,β-unsaturated/α-hetero) is 3. The molecule has 8 rings (SSSR count). The fourth-order valence-corrected chi connectivity index (χ4v) is 17.9. The maximum Gasteiger partial charge on any atom is 0.322 e. The Bertz CT molecular complexity index is 5090. The number of anilines is 3. The van der Waals surface area contributed by atoms with E-state index < -0.39 is 179 Å². The second-order valence-corrected chi connectivity index (χ2v) is 39.8. The van der Waals surface area contributed by atoms with Crippen molar-refractivity contribution in [2.75, 3.05) is 84.4 Å². The Kier molecular flexibility index (Phi) is 54.8. The summed E-state index contributed by atoms with van der Waals surface area (Å²) in [5.74, 6) is -9.77. The van der Waals surface area contributed by atoms with Crippen molar-refractivity contribution in [1.82, 2.24) is 94.0 Å². The molecule has 4 fully saturated rings. The van der Waals surface area contributed by atoms with Crippen LogP contribution in [0.4, 0.5) is 36.2 Å². The van der Waals surface area contributed by atoms with Crippen molar-refractivity contribution in [2.45, 2.75) is 295 Å². The number of unbranched alkanes of at least 4 members (excludes halogenated alkanes) is 2. The molecule has 19 N–H and O–H groups in total. The first-order valence-corrected chi connectivity index (χ1v) is 50.6. The molecule has 148 heavy (non-hydrogen) atoms. The summed E-state index contributed by atoms with van der Waals surface area (Å²) in [6, 6.07) is 5.76. The average molecular weight is 2210 g/mol. The molecule has 5 aliphatic rings. The van der Waals surface area contributed by atoms with Gasteiger partial charge < -0.3 is 111 Å². The monoisotopic (exact) mass is 2210 g/mol. The van der Waals surface area contributed by atoms with Gasteiger partial charge in [0.2, 0.25) is 76.8 Å². The molecule has 3 aromatic rings. The van der Waals surface area contributed by atoms with E-state index in [0.717, 1.165) is 37.1 Å². The normalized spacial score (nSPS) is 18.4. The molecular weight excluding hydrogens is 2060 g/mol. The quantitative estimate of drug-likeness (QED) is 0.0301. The van der Waals surface area contributed by atoms with Gasteiger partial charge in [-0.25, -0.2) is 9.59 Å². The number of benzene rings is 3. The van der Waals surface area contributed by atoms with E-state index in [1.54, 1.807) is 118 Å². The van der Waals surface area contributed by atoms with Crippen LogP contribution in [0.5, 0.6) is 0 Å². The number of nitrogens with zero attached hydrogens (tertiary/aromatic N) is 4. The van der Waals surface area contributed by atoms with Crippen molar-refractivity contribution >= 4 is 135 Å². The Morgan fingerprint density at radius 3 is 1.36 bits per heavy atom. The summed E-state index contributed by atoms with van der Waals surface area (Å²) in [7, 11) is 10.2.